The van der Waals surface area contributed by atoms with Crippen molar-refractivity contribution in [1.82, 2.24) is 14.8 Å². The fourth-order valence-corrected chi connectivity index (χ4v) is 1.58. The molecule has 2 aromatic rings. The second-order valence-electron chi connectivity index (χ2n) is 3.62. The first-order valence-electron chi connectivity index (χ1n) is 5.21. The van der Waals surface area contributed by atoms with Crippen LogP contribution >= 0.6 is 12.2 Å². The molecule has 0 aliphatic rings. The van der Waals surface area contributed by atoms with Gasteiger partial charge in [-0.2, -0.15) is 5.10 Å². The Morgan fingerprint density at radius 2 is 2.28 bits per heavy atom. The van der Waals surface area contributed by atoms with Crippen molar-refractivity contribution < 1.29 is 4.74 Å². The van der Waals surface area contributed by atoms with Crippen molar-refractivity contribution in [2.75, 3.05) is 12.4 Å². The van der Waals surface area contributed by atoms with E-state index in [1.165, 1.54) is 0 Å². The predicted molar refractivity (Wildman–Crippen MR) is 73.2 cm³/mol. The van der Waals surface area contributed by atoms with Gasteiger partial charge in [-0.05, 0) is 12.1 Å². The van der Waals surface area contributed by atoms with Crippen molar-refractivity contribution in [3.05, 3.63) is 30.1 Å². The summed E-state index contributed by atoms with van der Waals surface area (Å²) >= 11 is 4.83. The van der Waals surface area contributed by atoms with Gasteiger partial charge >= 0.3 is 0 Å². The molecule has 0 bridgehead atoms. The molecule has 2 heterocycles. The third-order valence-electron chi connectivity index (χ3n) is 2.33. The number of anilines is 2. The Kier molecular flexibility index (Phi) is 3.42. The summed E-state index contributed by atoms with van der Waals surface area (Å²) in [5, 5.41) is 7.34. The normalized spacial score (nSPS) is 10.1. The van der Waals surface area contributed by atoms with Crippen LogP contribution in [0.3, 0.4) is 0 Å². The first-order chi connectivity index (χ1) is 8.60. The van der Waals surface area contributed by atoms with E-state index in [0.717, 1.165) is 5.69 Å². The number of nitrogens with one attached hydrogen (secondary N) is 1. The van der Waals surface area contributed by atoms with Crippen LogP contribution in [0.4, 0.5) is 11.5 Å². The Morgan fingerprint density at radius 1 is 1.50 bits per heavy atom. The van der Waals surface area contributed by atoms with E-state index in [1.54, 1.807) is 37.2 Å². The smallest absolute Gasteiger partial charge is 0.213 e. The summed E-state index contributed by atoms with van der Waals surface area (Å²) in [5.41, 5.74) is 6.87. The summed E-state index contributed by atoms with van der Waals surface area (Å²) in [4.78, 5) is 4.41. The fourth-order valence-electron chi connectivity index (χ4n) is 1.46. The summed E-state index contributed by atoms with van der Waals surface area (Å²) in [5.74, 6) is 1.35. The van der Waals surface area contributed by atoms with Gasteiger partial charge in [0.05, 0.1) is 24.7 Å². The molecule has 0 unspecified atom stereocenters. The van der Waals surface area contributed by atoms with E-state index in [1.807, 2.05) is 6.07 Å². The summed E-state index contributed by atoms with van der Waals surface area (Å²) in [6.07, 6.45) is 1.65. The largest absolute Gasteiger partial charge is 0.481 e. The standard InChI is InChI=1S/C11H13N5OS/c1-16-10(17-2)5-9(15-16)14-7-3-4-8(11(12)18)13-6-7/h3-6H,1-2H3,(H2,12,18)(H,14,15). The molecule has 0 saturated heterocycles. The van der Waals surface area contributed by atoms with E-state index >= 15 is 0 Å². The summed E-state index contributed by atoms with van der Waals surface area (Å²) in [7, 11) is 3.40. The van der Waals surface area contributed by atoms with E-state index in [0.29, 0.717) is 17.4 Å². The third kappa shape index (κ3) is 2.57. The molecule has 0 spiro atoms. The molecule has 0 aliphatic heterocycles. The molecular formula is C11H13N5OS. The highest BCUT2D eigenvalue weighted by Crippen LogP contribution is 2.19. The SMILES string of the molecule is COc1cc(Nc2ccc(C(N)=S)nc2)nn1C. The number of aryl methyl sites for hydroxylation is 1. The lowest BCUT2D eigenvalue weighted by Gasteiger charge is -2.02. The van der Waals surface area contributed by atoms with Gasteiger partial charge in [0.2, 0.25) is 5.88 Å². The molecule has 2 aromatic heterocycles. The summed E-state index contributed by atoms with van der Waals surface area (Å²) in [6.45, 7) is 0. The molecular weight excluding hydrogens is 250 g/mol. The minimum atomic E-state index is 0.279. The van der Waals surface area contributed by atoms with Crippen LogP contribution in [0.2, 0.25) is 0 Å². The van der Waals surface area contributed by atoms with Crippen LogP contribution < -0.4 is 15.8 Å². The van der Waals surface area contributed by atoms with Gasteiger partial charge in [0.1, 0.15) is 4.99 Å². The first-order valence-corrected chi connectivity index (χ1v) is 5.62. The number of aromatic nitrogens is 3. The molecule has 7 heteroatoms. The summed E-state index contributed by atoms with van der Waals surface area (Å²) in [6, 6.07) is 5.38. The quantitative estimate of drug-likeness (QED) is 0.807. The van der Waals surface area contributed by atoms with Crippen molar-refractivity contribution >= 4 is 28.7 Å². The number of rotatable bonds is 4. The van der Waals surface area contributed by atoms with Gasteiger partial charge in [-0.1, -0.05) is 12.2 Å². The maximum Gasteiger partial charge on any atom is 0.213 e. The number of nitrogens with two attached hydrogens (primary N) is 1. The average molecular weight is 263 g/mol. The number of thiocarbonyl (C=S) groups is 1. The molecule has 0 amide bonds. The number of nitrogens with zero attached hydrogens (tertiary/aromatic N) is 3. The molecule has 6 nitrogen and oxygen atoms in total. The van der Waals surface area contributed by atoms with Crippen molar-refractivity contribution in [1.29, 1.82) is 0 Å². The van der Waals surface area contributed by atoms with Crippen LogP contribution in [-0.2, 0) is 7.05 Å². The Bertz CT molecular complexity index is 563. The molecule has 0 atom stereocenters. The zero-order valence-electron chi connectivity index (χ0n) is 10.0. The van der Waals surface area contributed by atoms with Gasteiger partial charge in [0, 0.05) is 13.1 Å². The zero-order valence-corrected chi connectivity index (χ0v) is 10.9. The highest BCUT2D eigenvalue weighted by Gasteiger charge is 2.05. The van der Waals surface area contributed by atoms with E-state index in [9.17, 15) is 0 Å². The van der Waals surface area contributed by atoms with Gasteiger partial charge < -0.3 is 15.8 Å². The van der Waals surface area contributed by atoms with Crippen LogP contribution in [0.1, 0.15) is 5.69 Å². The van der Waals surface area contributed by atoms with Crippen LogP contribution in [0.15, 0.2) is 24.4 Å². The molecule has 0 aromatic carbocycles. The van der Waals surface area contributed by atoms with Gasteiger partial charge in [0.25, 0.3) is 0 Å². The monoisotopic (exact) mass is 263 g/mol. The van der Waals surface area contributed by atoms with Crippen LogP contribution in [-0.4, -0.2) is 26.9 Å². The lowest BCUT2D eigenvalue weighted by molar-refractivity contribution is 0.373. The van der Waals surface area contributed by atoms with Gasteiger partial charge in [0.15, 0.2) is 5.82 Å². The van der Waals surface area contributed by atoms with Crippen LogP contribution in [0.5, 0.6) is 5.88 Å². The highest BCUT2D eigenvalue weighted by molar-refractivity contribution is 7.80. The molecule has 2 rings (SSSR count). The molecule has 0 radical (unpaired) electrons. The Hall–Kier alpha value is -2.15. The first kappa shape index (κ1) is 12.3. The minimum absolute atomic E-state index is 0.279. The maximum absolute atomic E-state index is 5.47. The molecule has 0 aliphatic carbocycles. The number of pyridine rings is 1. The van der Waals surface area contributed by atoms with E-state index in [4.69, 9.17) is 22.7 Å². The molecule has 0 saturated carbocycles. The average Bonchev–Trinajstić information content (AvgIpc) is 2.70. The number of hydrogen-bond donors (Lipinski definition) is 2. The fraction of sp³-hybridized carbons (Fsp3) is 0.182. The van der Waals surface area contributed by atoms with Gasteiger partial charge in [-0.25, -0.2) is 4.68 Å². The van der Waals surface area contributed by atoms with Gasteiger partial charge in [-0.3, -0.25) is 4.98 Å². The third-order valence-corrected chi connectivity index (χ3v) is 2.54. The van der Waals surface area contributed by atoms with Crippen molar-refractivity contribution in [2.24, 2.45) is 12.8 Å². The van der Waals surface area contributed by atoms with E-state index in [2.05, 4.69) is 15.4 Å². The van der Waals surface area contributed by atoms with Gasteiger partial charge in [-0.15, -0.1) is 0 Å². The predicted octanol–water partition coefficient (Wildman–Crippen LogP) is 1.20. The van der Waals surface area contributed by atoms with Crippen LogP contribution in [0, 0.1) is 0 Å². The molecule has 94 valence electrons. The lowest BCUT2D eigenvalue weighted by Crippen LogP contribution is -2.11. The molecule has 0 fully saturated rings. The highest BCUT2D eigenvalue weighted by atomic mass is 32.1. The number of ether oxygens (including phenoxy) is 1. The van der Waals surface area contributed by atoms with Crippen molar-refractivity contribution in [3.63, 3.8) is 0 Å². The van der Waals surface area contributed by atoms with Crippen molar-refractivity contribution in [2.45, 2.75) is 0 Å². The maximum atomic E-state index is 5.47. The Morgan fingerprint density at radius 3 is 2.78 bits per heavy atom. The lowest BCUT2D eigenvalue weighted by atomic mass is 10.3. The topological polar surface area (TPSA) is 78.0 Å². The Balaban J connectivity index is 2.15. The second-order valence-corrected chi connectivity index (χ2v) is 4.06. The van der Waals surface area contributed by atoms with Crippen LogP contribution in [0.25, 0.3) is 0 Å². The van der Waals surface area contributed by atoms with E-state index in [-0.39, 0.29) is 4.99 Å². The minimum Gasteiger partial charge on any atom is -0.481 e. The number of methoxy groups -OCH3 is 1. The molecule has 3 N–H and O–H groups in total. The zero-order chi connectivity index (χ0) is 13.1. The Labute approximate surface area is 110 Å². The van der Waals surface area contributed by atoms with E-state index < -0.39 is 0 Å². The second kappa shape index (κ2) is 5.01. The van der Waals surface area contributed by atoms with Crippen molar-refractivity contribution in [3.8, 4) is 5.88 Å². The molecule has 18 heavy (non-hydrogen) atoms. The summed E-state index contributed by atoms with van der Waals surface area (Å²) < 4.78 is 6.76. The number of hydrogen-bond acceptors (Lipinski definition) is 5.